The molecule has 0 radical (unpaired) electrons. The molecule has 2 N–H and O–H groups in total. The number of aromatic nitrogens is 2. The largest absolute Gasteiger partial charge is 0.396 e. The number of nitrogens with zero attached hydrogens (tertiary/aromatic N) is 3. The van der Waals surface area contributed by atoms with Gasteiger partial charge in [0.05, 0.1) is 16.5 Å². The first-order chi connectivity index (χ1) is 19.8. The Kier molecular flexibility index (Phi) is 8.73. The van der Waals surface area contributed by atoms with Crippen molar-refractivity contribution in [2.24, 2.45) is 0 Å². The molecule has 2 aromatic heterocycles. The number of pyridine rings is 2. The maximum absolute atomic E-state index is 13.7. The van der Waals surface area contributed by atoms with Crippen molar-refractivity contribution in [1.82, 2.24) is 19.6 Å². The average Bonchev–Trinajstić information content (AvgIpc) is 3.35. The summed E-state index contributed by atoms with van der Waals surface area (Å²) in [4.78, 5) is 22.4. The molecular weight excluding hydrogens is 532 g/mol. The van der Waals surface area contributed by atoms with Crippen LogP contribution >= 0.6 is 0 Å². The lowest BCUT2D eigenvalue weighted by Gasteiger charge is -2.30. The number of carbonyl (C=O) groups is 1. The van der Waals surface area contributed by atoms with Gasteiger partial charge < -0.3 is 10.4 Å². The summed E-state index contributed by atoms with van der Waals surface area (Å²) in [5.74, 6) is -0.253. The second kappa shape index (κ2) is 12.4. The van der Waals surface area contributed by atoms with E-state index in [1.165, 1.54) is 0 Å². The first-order valence-corrected chi connectivity index (χ1v) is 15.0. The van der Waals surface area contributed by atoms with Crippen LogP contribution in [0.4, 0.5) is 0 Å². The van der Waals surface area contributed by atoms with Gasteiger partial charge in [-0.15, -0.1) is 0 Å². The Bertz CT molecular complexity index is 1540. The lowest BCUT2D eigenvalue weighted by atomic mass is 9.94. The number of aliphatic hydroxyl groups is 1. The molecule has 8 heteroatoms. The van der Waals surface area contributed by atoms with Crippen LogP contribution in [-0.2, 0) is 24.0 Å². The number of aliphatic hydroxyl groups excluding tert-OH is 1. The molecule has 0 fully saturated rings. The van der Waals surface area contributed by atoms with Gasteiger partial charge in [0.2, 0.25) is 0 Å². The normalized spacial score (nSPS) is 15.9. The molecule has 0 saturated carbocycles. The maximum Gasteiger partial charge on any atom is 0.269 e. The van der Waals surface area contributed by atoms with Crippen molar-refractivity contribution in [3.63, 3.8) is 0 Å². The summed E-state index contributed by atoms with van der Waals surface area (Å²) in [5, 5.41) is 13.0. The molecule has 0 unspecified atom stereocenters. The fourth-order valence-electron chi connectivity index (χ4n) is 5.24. The van der Waals surface area contributed by atoms with Crippen molar-refractivity contribution in [1.29, 1.82) is 0 Å². The van der Waals surface area contributed by atoms with E-state index in [9.17, 15) is 14.1 Å². The molecule has 2 atom stereocenters. The molecular formula is C33H36N4O3S. The van der Waals surface area contributed by atoms with E-state index in [0.717, 1.165) is 33.4 Å². The SMILES string of the molecule is CC(C)(C)[S@@](=O)N1Cc2cc(C(=O)NCCc3ccncc3)nc(-c3cccc(-c4ccccc4)c3)c2[C@H]1CCO. The minimum absolute atomic E-state index is 0.0529. The van der Waals surface area contributed by atoms with Gasteiger partial charge >= 0.3 is 0 Å². The van der Waals surface area contributed by atoms with Crippen molar-refractivity contribution in [2.45, 2.75) is 50.9 Å². The van der Waals surface area contributed by atoms with Gasteiger partial charge in [-0.05, 0) is 80.1 Å². The summed E-state index contributed by atoms with van der Waals surface area (Å²) in [7, 11) is -1.32. The summed E-state index contributed by atoms with van der Waals surface area (Å²) in [6, 6.07) is 23.7. The molecule has 1 amide bonds. The second-order valence-corrected chi connectivity index (χ2v) is 13.4. The predicted octanol–water partition coefficient (Wildman–Crippen LogP) is 5.48. The topological polar surface area (TPSA) is 95.4 Å². The van der Waals surface area contributed by atoms with Crippen LogP contribution in [0.2, 0.25) is 0 Å². The number of carbonyl (C=O) groups excluding carboxylic acids is 1. The summed E-state index contributed by atoms with van der Waals surface area (Å²) >= 11 is 0. The monoisotopic (exact) mass is 568 g/mol. The van der Waals surface area contributed by atoms with Gasteiger partial charge in [0, 0.05) is 43.2 Å². The Morgan fingerprint density at radius 3 is 2.41 bits per heavy atom. The molecule has 4 aromatic rings. The highest BCUT2D eigenvalue weighted by Gasteiger charge is 2.40. The number of hydrogen-bond acceptors (Lipinski definition) is 5. The van der Waals surface area contributed by atoms with Crippen LogP contribution in [0, 0.1) is 0 Å². The Hall–Kier alpha value is -3.72. The van der Waals surface area contributed by atoms with E-state index < -0.39 is 15.7 Å². The number of fused-ring (bicyclic) bond motifs is 1. The minimum Gasteiger partial charge on any atom is -0.396 e. The van der Waals surface area contributed by atoms with Crippen LogP contribution < -0.4 is 5.32 Å². The third-order valence-electron chi connectivity index (χ3n) is 7.22. The van der Waals surface area contributed by atoms with Crippen molar-refractivity contribution < 1.29 is 14.1 Å². The summed E-state index contributed by atoms with van der Waals surface area (Å²) < 4.78 is 15.1. The molecule has 7 nitrogen and oxygen atoms in total. The third-order valence-corrected chi connectivity index (χ3v) is 9.07. The van der Waals surface area contributed by atoms with Crippen molar-refractivity contribution >= 4 is 16.9 Å². The average molecular weight is 569 g/mol. The van der Waals surface area contributed by atoms with Crippen molar-refractivity contribution in [3.05, 3.63) is 108 Å². The molecule has 5 rings (SSSR count). The van der Waals surface area contributed by atoms with Gasteiger partial charge in [-0.25, -0.2) is 13.5 Å². The lowest BCUT2D eigenvalue weighted by molar-refractivity contribution is 0.0949. The van der Waals surface area contributed by atoms with E-state index in [0.29, 0.717) is 37.3 Å². The first-order valence-electron chi connectivity index (χ1n) is 13.9. The molecule has 212 valence electrons. The van der Waals surface area contributed by atoms with E-state index in [4.69, 9.17) is 4.98 Å². The zero-order chi connectivity index (χ0) is 29.0. The van der Waals surface area contributed by atoms with Gasteiger partial charge in [0.15, 0.2) is 0 Å². The molecule has 1 aliphatic heterocycles. The van der Waals surface area contributed by atoms with Crippen molar-refractivity contribution in [3.8, 4) is 22.4 Å². The van der Waals surface area contributed by atoms with Gasteiger partial charge in [0.25, 0.3) is 5.91 Å². The van der Waals surface area contributed by atoms with Crippen LogP contribution in [-0.4, -0.2) is 47.4 Å². The number of amides is 1. The molecule has 3 heterocycles. The molecule has 0 bridgehead atoms. The predicted molar refractivity (Wildman–Crippen MR) is 163 cm³/mol. The third kappa shape index (κ3) is 6.45. The van der Waals surface area contributed by atoms with E-state index in [1.807, 2.05) is 73.6 Å². The van der Waals surface area contributed by atoms with Gasteiger partial charge in [-0.1, -0.05) is 48.5 Å². The quantitative estimate of drug-likeness (QED) is 0.279. The van der Waals surface area contributed by atoms with Gasteiger partial charge in [-0.2, -0.15) is 0 Å². The second-order valence-electron chi connectivity index (χ2n) is 11.2. The van der Waals surface area contributed by atoms with E-state index >= 15 is 0 Å². The zero-order valence-corrected chi connectivity index (χ0v) is 24.5. The van der Waals surface area contributed by atoms with Crippen molar-refractivity contribution in [2.75, 3.05) is 13.2 Å². The fourth-order valence-corrected chi connectivity index (χ4v) is 6.64. The number of nitrogens with one attached hydrogen (secondary N) is 1. The fraction of sp³-hybridized carbons (Fsp3) is 0.303. The van der Waals surface area contributed by atoms with E-state index in [-0.39, 0.29) is 18.6 Å². The Balaban J connectivity index is 1.56. The van der Waals surface area contributed by atoms with Crippen LogP contribution in [0.25, 0.3) is 22.4 Å². The maximum atomic E-state index is 13.7. The minimum atomic E-state index is -1.32. The summed E-state index contributed by atoms with van der Waals surface area (Å²) in [5.41, 5.74) is 6.94. The summed E-state index contributed by atoms with van der Waals surface area (Å²) in [6.07, 6.45) is 4.58. The standard InChI is InChI=1S/C33H36N4O3S/c1-33(2,3)41(40)37-22-27-21-28(32(39)35-18-14-23-12-16-34-17-13-23)36-31(30(27)29(37)15-19-38)26-11-7-10-25(20-26)24-8-5-4-6-9-24/h4-13,16-17,20-21,29,38H,14-15,18-19,22H2,1-3H3,(H,35,39)/t29-,41-/m1/s1. The first kappa shape index (κ1) is 28.8. The van der Waals surface area contributed by atoms with Crippen LogP contribution in [0.15, 0.2) is 85.2 Å². The van der Waals surface area contributed by atoms with Crippen LogP contribution in [0.5, 0.6) is 0 Å². The molecule has 0 spiro atoms. The highest BCUT2D eigenvalue weighted by Crippen LogP contribution is 2.44. The molecule has 41 heavy (non-hydrogen) atoms. The number of rotatable bonds is 9. The Labute approximate surface area is 244 Å². The highest BCUT2D eigenvalue weighted by atomic mass is 32.2. The summed E-state index contributed by atoms with van der Waals surface area (Å²) in [6.45, 7) is 6.68. The number of hydrogen-bond donors (Lipinski definition) is 2. The van der Waals surface area contributed by atoms with E-state index in [1.54, 1.807) is 12.4 Å². The molecule has 0 aliphatic carbocycles. The zero-order valence-electron chi connectivity index (χ0n) is 23.7. The van der Waals surface area contributed by atoms with Crippen LogP contribution in [0.3, 0.4) is 0 Å². The lowest BCUT2D eigenvalue weighted by Crippen LogP contribution is -2.36. The Morgan fingerprint density at radius 2 is 1.71 bits per heavy atom. The molecule has 1 aliphatic rings. The number of benzene rings is 2. The highest BCUT2D eigenvalue weighted by molar-refractivity contribution is 7.84. The van der Waals surface area contributed by atoms with Gasteiger partial charge in [-0.3, -0.25) is 9.78 Å². The molecule has 2 aromatic carbocycles. The van der Waals surface area contributed by atoms with Crippen LogP contribution in [0.1, 0.15) is 60.4 Å². The van der Waals surface area contributed by atoms with Gasteiger partial charge in [0.1, 0.15) is 16.7 Å². The molecule has 0 saturated heterocycles. The Morgan fingerprint density at radius 1 is 1.00 bits per heavy atom. The smallest absolute Gasteiger partial charge is 0.269 e. The van der Waals surface area contributed by atoms with E-state index in [2.05, 4.69) is 34.6 Å².